The molecule has 2 heterocycles. The van der Waals surface area contributed by atoms with Crippen LogP contribution in [0.2, 0.25) is 0 Å². The van der Waals surface area contributed by atoms with Crippen LogP contribution in [0, 0.1) is 0 Å². The van der Waals surface area contributed by atoms with E-state index >= 15 is 0 Å². The predicted octanol–water partition coefficient (Wildman–Crippen LogP) is 5.82. The summed E-state index contributed by atoms with van der Waals surface area (Å²) >= 11 is 3.42. The summed E-state index contributed by atoms with van der Waals surface area (Å²) in [5, 5.41) is 5.55. The Balaban J connectivity index is 1.82. The fraction of sp³-hybridized carbons (Fsp3) is 0.400. The summed E-state index contributed by atoms with van der Waals surface area (Å²) in [4.78, 5) is 12.2. The van der Waals surface area contributed by atoms with E-state index < -0.39 is 0 Å². The van der Waals surface area contributed by atoms with Gasteiger partial charge in [-0.2, -0.15) is 0 Å². The quantitative estimate of drug-likeness (QED) is 0.443. The molecule has 1 aliphatic carbocycles. The second-order valence-corrected chi connectivity index (χ2v) is 8.59. The number of rotatable bonds is 5. The van der Waals surface area contributed by atoms with Gasteiger partial charge in [-0.1, -0.05) is 23.9 Å². The minimum atomic E-state index is 0.124. The van der Waals surface area contributed by atoms with E-state index in [9.17, 15) is 0 Å². The second kappa shape index (κ2) is 7.45. The Kier molecular flexibility index (Phi) is 5.05. The lowest BCUT2D eigenvalue weighted by Gasteiger charge is -2.17. The Morgan fingerprint density at radius 3 is 2.77 bits per heavy atom. The van der Waals surface area contributed by atoms with Gasteiger partial charge >= 0.3 is 0 Å². The van der Waals surface area contributed by atoms with Crippen molar-refractivity contribution in [3.8, 4) is 5.75 Å². The van der Waals surface area contributed by atoms with Crippen molar-refractivity contribution in [3.05, 3.63) is 34.7 Å². The maximum atomic E-state index is 5.97. The summed E-state index contributed by atoms with van der Waals surface area (Å²) in [6.07, 6.45) is 6.95. The number of nitrogens with one attached hydrogen (secondary N) is 1. The average Bonchev–Trinajstić information content (AvgIpc) is 3.01. The lowest BCUT2D eigenvalue weighted by molar-refractivity contribution is 0.244. The van der Waals surface area contributed by atoms with Crippen molar-refractivity contribution in [3.63, 3.8) is 0 Å². The molecule has 0 amide bonds. The van der Waals surface area contributed by atoms with Crippen molar-refractivity contribution in [2.24, 2.45) is 0 Å². The Hall–Kier alpha value is -1.79. The summed E-state index contributed by atoms with van der Waals surface area (Å²) in [6.45, 7) is 4.08. The number of hydrogen-bond acceptors (Lipinski definition) is 6. The van der Waals surface area contributed by atoms with Crippen LogP contribution in [-0.2, 0) is 12.8 Å². The van der Waals surface area contributed by atoms with Crippen molar-refractivity contribution in [1.82, 2.24) is 9.97 Å². The standard InChI is InChI=1S/C20H23N3OS2/c1-12(2)24-15-10-6-5-9-14(15)21-18-17-13-8-4-7-11-16(13)26-19(17)23-20(22-18)25-3/h5-6,9-10,12H,4,7-8,11H2,1-3H3,(H,21,22,23). The molecule has 4 nitrogen and oxygen atoms in total. The number of aryl methyl sites for hydroxylation is 2. The highest BCUT2D eigenvalue weighted by molar-refractivity contribution is 7.98. The molecule has 1 aliphatic rings. The number of thiophene rings is 1. The molecule has 0 saturated carbocycles. The molecule has 1 N–H and O–H groups in total. The summed E-state index contributed by atoms with van der Waals surface area (Å²) in [7, 11) is 0. The molecule has 0 saturated heterocycles. The van der Waals surface area contributed by atoms with Crippen molar-refractivity contribution in [2.75, 3.05) is 11.6 Å². The van der Waals surface area contributed by atoms with E-state index in [4.69, 9.17) is 14.7 Å². The van der Waals surface area contributed by atoms with Gasteiger partial charge in [-0.05, 0) is 63.5 Å². The highest BCUT2D eigenvalue weighted by Gasteiger charge is 2.21. The van der Waals surface area contributed by atoms with Gasteiger partial charge < -0.3 is 10.1 Å². The minimum Gasteiger partial charge on any atom is -0.489 e. The van der Waals surface area contributed by atoms with Crippen LogP contribution in [0.15, 0.2) is 29.4 Å². The minimum absolute atomic E-state index is 0.124. The fourth-order valence-corrected chi connectivity index (χ4v) is 5.06. The molecule has 26 heavy (non-hydrogen) atoms. The molecule has 1 aromatic carbocycles. The molecule has 0 radical (unpaired) electrons. The molecule has 0 fully saturated rings. The molecule has 0 unspecified atom stereocenters. The molecule has 136 valence electrons. The lowest BCUT2D eigenvalue weighted by Crippen LogP contribution is -2.08. The molecule has 0 bridgehead atoms. The molecule has 0 spiro atoms. The van der Waals surface area contributed by atoms with E-state index in [1.807, 2.05) is 55.7 Å². The summed E-state index contributed by atoms with van der Waals surface area (Å²) < 4.78 is 5.97. The molecule has 4 rings (SSSR count). The number of ether oxygens (including phenoxy) is 1. The van der Waals surface area contributed by atoms with Gasteiger partial charge in [0.25, 0.3) is 0 Å². The maximum Gasteiger partial charge on any atom is 0.190 e. The van der Waals surface area contributed by atoms with Gasteiger partial charge in [-0.25, -0.2) is 9.97 Å². The van der Waals surface area contributed by atoms with Crippen LogP contribution in [0.25, 0.3) is 10.2 Å². The number of fused-ring (bicyclic) bond motifs is 3. The van der Waals surface area contributed by atoms with Crippen LogP contribution in [0.1, 0.15) is 37.1 Å². The number of thioether (sulfide) groups is 1. The Morgan fingerprint density at radius 2 is 1.96 bits per heavy atom. The highest BCUT2D eigenvalue weighted by atomic mass is 32.2. The maximum absolute atomic E-state index is 5.97. The molecule has 0 atom stereocenters. The van der Waals surface area contributed by atoms with Gasteiger partial charge in [0.05, 0.1) is 17.2 Å². The summed E-state index contributed by atoms with van der Waals surface area (Å²) in [5.74, 6) is 1.75. The smallest absolute Gasteiger partial charge is 0.190 e. The Labute approximate surface area is 162 Å². The van der Waals surface area contributed by atoms with Gasteiger partial charge in [0.15, 0.2) is 5.16 Å². The third kappa shape index (κ3) is 3.40. The second-order valence-electron chi connectivity index (χ2n) is 6.74. The van der Waals surface area contributed by atoms with Crippen LogP contribution in [0.4, 0.5) is 11.5 Å². The third-order valence-electron chi connectivity index (χ3n) is 4.48. The first-order valence-electron chi connectivity index (χ1n) is 9.04. The topological polar surface area (TPSA) is 47.0 Å². The van der Waals surface area contributed by atoms with Crippen LogP contribution < -0.4 is 10.1 Å². The largest absolute Gasteiger partial charge is 0.489 e. The highest BCUT2D eigenvalue weighted by Crippen LogP contribution is 2.41. The first-order valence-corrected chi connectivity index (χ1v) is 11.1. The van der Waals surface area contributed by atoms with Crippen LogP contribution in [-0.4, -0.2) is 22.3 Å². The van der Waals surface area contributed by atoms with Crippen LogP contribution in [0.5, 0.6) is 5.75 Å². The van der Waals surface area contributed by atoms with E-state index in [1.54, 1.807) is 11.8 Å². The van der Waals surface area contributed by atoms with Crippen molar-refractivity contribution < 1.29 is 4.74 Å². The number of nitrogens with zero attached hydrogens (tertiary/aromatic N) is 2. The number of aromatic nitrogens is 2. The molecule has 2 aromatic heterocycles. The van der Waals surface area contributed by atoms with Crippen LogP contribution >= 0.6 is 23.1 Å². The zero-order valence-electron chi connectivity index (χ0n) is 15.3. The first kappa shape index (κ1) is 17.6. The van der Waals surface area contributed by atoms with Gasteiger partial charge in [-0.3, -0.25) is 0 Å². The molecule has 6 heteroatoms. The Bertz CT molecular complexity index is 936. The lowest BCUT2D eigenvalue weighted by atomic mass is 9.97. The number of para-hydroxylation sites is 2. The van der Waals surface area contributed by atoms with Gasteiger partial charge in [0.2, 0.25) is 0 Å². The molecule has 0 aliphatic heterocycles. The third-order valence-corrected chi connectivity index (χ3v) is 6.21. The van der Waals surface area contributed by atoms with E-state index in [-0.39, 0.29) is 6.10 Å². The monoisotopic (exact) mass is 385 g/mol. The van der Waals surface area contributed by atoms with E-state index in [0.717, 1.165) is 40.1 Å². The molecule has 3 aromatic rings. The van der Waals surface area contributed by atoms with Gasteiger partial charge in [-0.15, -0.1) is 11.3 Å². The van der Waals surface area contributed by atoms with E-state index in [1.165, 1.54) is 28.7 Å². The summed E-state index contributed by atoms with van der Waals surface area (Å²) in [5.41, 5.74) is 2.39. The predicted molar refractivity (Wildman–Crippen MR) is 111 cm³/mol. The summed E-state index contributed by atoms with van der Waals surface area (Å²) in [6, 6.07) is 8.06. The van der Waals surface area contributed by atoms with Gasteiger partial charge in [0.1, 0.15) is 16.4 Å². The van der Waals surface area contributed by atoms with E-state index in [2.05, 4.69) is 5.32 Å². The van der Waals surface area contributed by atoms with Crippen molar-refractivity contribution in [1.29, 1.82) is 0 Å². The zero-order valence-corrected chi connectivity index (χ0v) is 17.0. The van der Waals surface area contributed by atoms with Gasteiger partial charge in [0, 0.05) is 4.88 Å². The fourth-order valence-electron chi connectivity index (χ4n) is 3.37. The first-order chi connectivity index (χ1) is 12.7. The normalized spacial score (nSPS) is 13.8. The molecular formula is C20H23N3OS2. The van der Waals surface area contributed by atoms with E-state index in [0.29, 0.717) is 0 Å². The number of anilines is 2. The zero-order chi connectivity index (χ0) is 18.1. The van der Waals surface area contributed by atoms with Crippen LogP contribution in [0.3, 0.4) is 0 Å². The Morgan fingerprint density at radius 1 is 1.15 bits per heavy atom. The number of benzene rings is 1. The number of hydrogen-bond donors (Lipinski definition) is 1. The average molecular weight is 386 g/mol. The SMILES string of the molecule is CSc1nc(Nc2ccccc2OC(C)C)c2c3c(sc2n1)CCCC3. The van der Waals surface area contributed by atoms with Crippen molar-refractivity contribution in [2.45, 2.75) is 50.8 Å². The molecular weight excluding hydrogens is 362 g/mol. The van der Waals surface area contributed by atoms with Crippen molar-refractivity contribution >= 4 is 44.8 Å².